The number of ether oxygens (including phenoxy) is 2. The van der Waals surface area contributed by atoms with E-state index < -0.39 is 5.97 Å². The highest BCUT2D eigenvalue weighted by atomic mass is 79.9. The molecule has 0 radical (unpaired) electrons. The van der Waals surface area contributed by atoms with Crippen molar-refractivity contribution < 1.29 is 19.1 Å². The van der Waals surface area contributed by atoms with E-state index in [-0.39, 0.29) is 5.91 Å². The normalized spacial score (nSPS) is 10.6. The Balaban J connectivity index is 1.60. The quantitative estimate of drug-likeness (QED) is 0.259. The van der Waals surface area contributed by atoms with Crippen LogP contribution in [0, 0.1) is 0 Å². The summed E-state index contributed by atoms with van der Waals surface area (Å²) in [6.07, 6.45) is 1.49. The number of hydrogen-bond donors (Lipinski definition) is 1. The Kier molecular flexibility index (Phi) is 6.76. The summed E-state index contributed by atoms with van der Waals surface area (Å²) in [5.74, 6) is 0.0398. The smallest absolute Gasteiger partial charge is 0.344 e. The van der Waals surface area contributed by atoms with Crippen molar-refractivity contribution in [2.45, 2.75) is 0 Å². The monoisotopic (exact) mass is 452 g/mol. The molecule has 0 bridgehead atoms. The van der Waals surface area contributed by atoms with Gasteiger partial charge in [-0.1, -0.05) is 24.3 Å². The van der Waals surface area contributed by atoms with E-state index in [4.69, 9.17) is 9.47 Å². The minimum absolute atomic E-state index is 0.377. The summed E-state index contributed by atoms with van der Waals surface area (Å²) in [4.78, 5) is 24.4. The van der Waals surface area contributed by atoms with E-state index in [1.165, 1.54) is 13.3 Å². The number of carbonyl (C=O) groups excluding carboxylic acids is 2. The molecule has 0 fully saturated rings. The molecule has 7 heteroatoms. The molecule has 146 valence electrons. The standard InChI is InChI=1S/C22H17BrN2O4/c1-28-20-9-5-3-7-18(20)21(26)25-24-14-15-10-12-16(13-11-15)29-22(27)17-6-2-4-8-19(17)23/h2-14H,1H3,(H,25,26). The van der Waals surface area contributed by atoms with E-state index in [1.807, 2.05) is 6.07 Å². The van der Waals surface area contributed by atoms with E-state index in [0.29, 0.717) is 27.1 Å². The lowest BCUT2D eigenvalue weighted by Gasteiger charge is -2.06. The summed E-state index contributed by atoms with van der Waals surface area (Å²) in [6, 6.07) is 20.7. The van der Waals surface area contributed by atoms with Crippen LogP contribution in [-0.2, 0) is 0 Å². The highest BCUT2D eigenvalue weighted by Crippen LogP contribution is 2.19. The lowest BCUT2D eigenvalue weighted by molar-refractivity contribution is 0.0733. The Labute approximate surface area is 176 Å². The maximum absolute atomic E-state index is 12.2. The van der Waals surface area contributed by atoms with Crippen LogP contribution in [0.1, 0.15) is 26.3 Å². The molecule has 29 heavy (non-hydrogen) atoms. The van der Waals surface area contributed by atoms with Crippen molar-refractivity contribution in [3.63, 3.8) is 0 Å². The fourth-order valence-corrected chi connectivity index (χ4v) is 2.92. The van der Waals surface area contributed by atoms with Gasteiger partial charge in [0.1, 0.15) is 11.5 Å². The largest absolute Gasteiger partial charge is 0.496 e. The van der Waals surface area contributed by atoms with Gasteiger partial charge < -0.3 is 9.47 Å². The van der Waals surface area contributed by atoms with Crippen LogP contribution in [0.25, 0.3) is 0 Å². The molecule has 6 nitrogen and oxygen atoms in total. The summed E-state index contributed by atoms with van der Waals surface area (Å²) in [7, 11) is 1.50. The highest BCUT2D eigenvalue weighted by molar-refractivity contribution is 9.10. The number of para-hydroxylation sites is 1. The molecular formula is C22H17BrN2O4. The van der Waals surface area contributed by atoms with Crippen molar-refractivity contribution >= 4 is 34.0 Å². The van der Waals surface area contributed by atoms with Gasteiger partial charge in [0.25, 0.3) is 5.91 Å². The second-order valence-corrected chi connectivity index (χ2v) is 6.69. The Morgan fingerprint density at radius 1 is 0.931 bits per heavy atom. The first-order chi connectivity index (χ1) is 14.1. The summed E-state index contributed by atoms with van der Waals surface area (Å²) >= 11 is 3.33. The first-order valence-corrected chi connectivity index (χ1v) is 9.41. The molecule has 3 aromatic carbocycles. The molecule has 0 heterocycles. The van der Waals surface area contributed by atoms with Gasteiger partial charge in [-0.25, -0.2) is 10.2 Å². The zero-order valence-electron chi connectivity index (χ0n) is 15.5. The Bertz CT molecular complexity index is 1050. The number of halogens is 1. The van der Waals surface area contributed by atoms with Gasteiger partial charge in [-0.15, -0.1) is 0 Å². The van der Waals surface area contributed by atoms with Crippen LogP contribution in [0.3, 0.4) is 0 Å². The van der Waals surface area contributed by atoms with E-state index in [0.717, 1.165) is 5.56 Å². The summed E-state index contributed by atoms with van der Waals surface area (Å²) in [5, 5.41) is 3.95. The highest BCUT2D eigenvalue weighted by Gasteiger charge is 2.12. The van der Waals surface area contributed by atoms with Gasteiger partial charge in [0.15, 0.2) is 0 Å². The van der Waals surface area contributed by atoms with Crippen molar-refractivity contribution in [3.8, 4) is 11.5 Å². The number of esters is 1. The minimum Gasteiger partial charge on any atom is -0.496 e. The van der Waals surface area contributed by atoms with E-state index in [9.17, 15) is 9.59 Å². The van der Waals surface area contributed by atoms with Crippen LogP contribution in [0.15, 0.2) is 82.4 Å². The number of hydrazone groups is 1. The maximum Gasteiger partial charge on any atom is 0.344 e. The van der Waals surface area contributed by atoms with Gasteiger partial charge in [0.05, 0.1) is 24.5 Å². The minimum atomic E-state index is -0.456. The molecule has 0 aliphatic rings. The third kappa shape index (κ3) is 5.30. The van der Waals surface area contributed by atoms with E-state index in [2.05, 4.69) is 26.5 Å². The fourth-order valence-electron chi connectivity index (χ4n) is 2.47. The van der Waals surface area contributed by atoms with Crippen LogP contribution in [-0.4, -0.2) is 25.2 Å². The lowest BCUT2D eigenvalue weighted by Crippen LogP contribution is -2.18. The third-order valence-electron chi connectivity index (χ3n) is 3.92. The van der Waals surface area contributed by atoms with E-state index in [1.54, 1.807) is 66.7 Å². The molecule has 3 aromatic rings. The van der Waals surface area contributed by atoms with Crippen molar-refractivity contribution in [2.24, 2.45) is 5.10 Å². The van der Waals surface area contributed by atoms with Crippen molar-refractivity contribution in [3.05, 3.63) is 94.0 Å². The number of amides is 1. The first kappa shape index (κ1) is 20.3. The van der Waals surface area contributed by atoms with Crippen molar-refractivity contribution in [1.29, 1.82) is 0 Å². The Hall–Kier alpha value is -3.45. The molecule has 0 aliphatic heterocycles. The fraction of sp³-hybridized carbons (Fsp3) is 0.0455. The first-order valence-electron chi connectivity index (χ1n) is 8.61. The lowest BCUT2D eigenvalue weighted by atomic mass is 10.2. The molecule has 0 unspecified atom stereocenters. The number of carbonyl (C=O) groups is 2. The van der Waals surface area contributed by atoms with Gasteiger partial charge in [0.2, 0.25) is 0 Å². The maximum atomic E-state index is 12.2. The summed E-state index contributed by atoms with van der Waals surface area (Å²) in [5.41, 5.74) is 4.02. The summed E-state index contributed by atoms with van der Waals surface area (Å²) < 4.78 is 11.2. The third-order valence-corrected chi connectivity index (χ3v) is 4.61. The SMILES string of the molecule is COc1ccccc1C(=O)NN=Cc1ccc(OC(=O)c2ccccc2Br)cc1. The zero-order chi connectivity index (χ0) is 20.6. The number of hydrogen-bond acceptors (Lipinski definition) is 5. The predicted octanol–water partition coefficient (Wildman–Crippen LogP) is 4.44. The number of methoxy groups -OCH3 is 1. The molecule has 3 rings (SSSR count). The number of rotatable bonds is 6. The molecular weight excluding hydrogens is 436 g/mol. The number of nitrogens with one attached hydrogen (secondary N) is 1. The average Bonchev–Trinajstić information content (AvgIpc) is 2.75. The van der Waals surface area contributed by atoms with Gasteiger partial charge in [-0.2, -0.15) is 5.10 Å². The van der Waals surface area contributed by atoms with E-state index >= 15 is 0 Å². The molecule has 0 spiro atoms. The summed E-state index contributed by atoms with van der Waals surface area (Å²) in [6.45, 7) is 0. The second kappa shape index (κ2) is 9.66. The van der Waals surface area contributed by atoms with Crippen LogP contribution < -0.4 is 14.9 Å². The van der Waals surface area contributed by atoms with Crippen LogP contribution >= 0.6 is 15.9 Å². The number of benzene rings is 3. The molecule has 1 amide bonds. The predicted molar refractivity (Wildman–Crippen MR) is 114 cm³/mol. The van der Waals surface area contributed by atoms with Crippen LogP contribution in [0.4, 0.5) is 0 Å². The molecule has 0 saturated carbocycles. The van der Waals surface area contributed by atoms with Crippen molar-refractivity contribution in [1.82, 2.24) is 5.43 Å². The average molecular weight is 453 g/mol. The molecule has 0 aliphatic carbocycles. The van der Waals surface area contributed by atoms with Gasteiger partial charge in [-0.05, 0) is 70.0 Å². The van der Waals surface area contributed by atoms with Crippen LogP contribution in [0.5, 0.6) is 11.5 Å². The van der Waals surface area contributed by atoms with Gasteiger partial charge >= 0.3 is 5.97 Å². The second-order valence-electron chi connectivity index (χ2n) is 5.84. The molecule has 1 N–H and O–H groups in total. The van der Waals surface area contributed by atoms with Crippen LogP contribution in [0.2, 0.25) is 0 Å². The topological polar surface area (TPSA) is 77.0 Å². The Morgan fingerprint density at radius 2 is 1.59 bits per heavy atom. The number of nitrogens with zero attached hydrogens (tertiary/aromatic N) is 1. The molecule has 0 atom stereocenters. The Morgan fingerprint density at radius 3 is 2.28 bits per heavy atom. The van der Waals surface area contributed by atoms with Gasteiger partial charge in [-0.3, -0.25) is 4.79 Å². The molecule has 0 aromatic heterocycles. The van der Waals surface area contributed by atoms with Crippen molar-refractivity contribution in [2.75, 3.05) is 7.11 Å². The van der Waals surface area contributed by atoms with Gasteiger partial charge in [0, 0.05) is 4.47 Å². The molecule has 0 saturated heterocycles. The zero-order valence-corrected chi connectivity index (χ0v) is 17.0.